The van der Waals surface area contributed by atoms with Gasteiger partial charge in [0.25, 0.3) is 0 Å². The van der Waals surface area contributed by atoms with E-state index in [0.717, 1.165) is 23.4 Å². The van der Waals surface area contributed by atoms with Crippen molar-refractivity contribution in [3.63, 3.8) is 0 Å². The van der Waals surface area contributed by atoms with E-state index in [0.29, 0.717) is 17.0 Å². The van der Waals surface area contributed by atoms with E-state index in [1.54, 1.807) is 23.6 Å². The topological polar surface area (TPSA) is 79.8 Å². The van der Waals surface area contributed by atoms with Gasteiger partial charge in [-0.3, -0.25) is 10.3 Å². The second-order valence-electron chi connectivity index (χ2n) is 6.28. The number of urea groups is 1. The van der Waals surface area contributed by atoms with Crippen molar-refractivity contribution in [3.8, 4) is 10.6 Å². The Morgan fingerprint density at radius 3 is 2.76 bits per heavy atom. The van der Waals surface area contributed by atoms with E-state index in [4.69, 9.17) is 0 Å². The van der Waals surface area contributed by atoms with Crippen molar-refractivity contribution in [1.29, 1.82) is 0 Å². The van der Waals surface area contributed by atoms with Crippen LogP contribution in [0.5, 0.6) is 0 Å². The number of fused-ring (bicyclic) bond motifs is 1. The lowest BCUT2D eigenvalue weighted by molar-refractivity contribution is 0.248. The van der Waals surface area contributed by atoms with Gasteiger partial charge in [-0.05, 0) is 44.0 Å². The van der Waals surface area contributed by atoms with Gasteiger partial charge in [0.15, 0.2) is 5.65 Å². The summed E-state index contributed by atoms with van der Waals surface area (Å²) in [7, 11) is 0. The lowest BCUT2D eigenvalue weighted by Crippen LogP contribution is -2.36. The van der Waals surface area contributed by atoms with Gasteiger partial charge in [0.1, 0.15) is 17.0 Å². The van der Waals surface area contributed by atoms with Crippen LogP contribution in [0.25, 0.3) is 21.7 Å². The van der Waals surface area contributed by atoms with Gasteiger partial charge in [-0.15, -0.1) is 11.3 Å². The predicted molar refractivity (Wildman–Crippen MR) is 99.8 cm³/mol. The molecule has 3 aromatic heterocycles. The van der Waals surface area contributed by atoms with Gasteiger partial charge in [-0.25, -0.2) is 14.8 Å². The molecule has 128 valence electrons. The molecule has 0 unspecified atom stereocenters. The van der Waals surface area contributed by atoms with Crippen LogP contribution in [0.3, 0.4) is 0 Å². The number of carbonyl (C=O) groups excluding carboxylic acids is 1. The molecule has 2 amide bonds. The van der Waals surface area contributed by atoms with Gasteiger partial charge in [0.2, 0.25) is 0 Å². The van der Waals surface area contributed by atoms with E-state index in [-0.39, 0.29) is 12.1 Å². The number of rotatable bonds is 3. The smallest absolute Gasteiger partial charge is 0.320 e. The Hall–Kier alpha value is -2.54. The second-order valence-corrected chi connectivity index (χ2v) is 7.57. The predicted octanol–water partition coefficient (Wildman–Crippen LogP) is 4.13. The van der Waals surface area contributed by atoms with E-state index in [2.05, 4.69) is 38.6 Å². The molecule has 2 N–H and O–H groups in total. The molecule has 0 saturated heterocycles. The number of thiophene rings is 1. The molecule has 0 atom stereocenters. The highest BCUT2D eigenvalue weighted by atomic mass is 32.1. The summed E-state index contributed by atoms with van der Waals surface area (Å²) in [4.78, 5) is 27.8. The first-order chi connectivity index (χ1) is 12.2. The number of aromatic nitrogens is 3. The quantitative estimate of drug-likeness (QED) is 0.742. The summed E-state index contributed by atoms with van der Waals surface area (Å²) in [6.45, 7) is 2.06. The van der Waals surface area contributed by atoms with E-state index in [1.165, 1.54) is 17.7 Å². The van der Waals surface area contributed by atoms with Crippen LogP contribution >= 0.6 is 11.3 Å². The normalized spacial score (nSPS) is 14.8. The minimum absolute atomic E-state index is 0.211. The summed E-state index contributed by atoms with van der Waals surface area (Å²) in [6.07, 6.45) is 6.22. The standard InChI is InChI=1S/C18H19N5OS/c1-11-6-8-15(25-11)14-10-19-13-7-9-16(22-17(13)21-14)23-18(24)20-12-4-2-3-5-12/h6-10,12H,2-5H2,1H3,(H2,20,21,22,23,24). The molecule has 0 bridgehead atoms. The molecule has 1 saturated carbocycles. The van der Waals surface area contributed by atoms with E-state index >= 15 is 0 Å². The van der Waals surface area contributed by atoms with Crippen molar-refractivity contribution in [3.05, 3.63) is 35.3 Å². The average molecular weight is 353 g/mol. The molecule has 7 heteroatoms. The number of anilines is 1. The summed E-state index contributed by atoms with van der Waals surface area (Å²) < 4.78 is 0. The van der Waals surface area contributed by atoms with E-state index in [9.17, 15) is 4.79 Å². The highest BCUT2D eigenvalue weighted by Crippen LogP contribution is 2.26. The lowest BCUT2D eigenvalue weighted by atomic mass is 10.2. The molecular formula is C18H19N5OS. The first-order valence-electron chi connectivity index (χ1n) is 8.45. The Labute approximate surface area is 149 Å². The van der Waals surface area contributed by atoms with Crippen molar-refractivity contribution in [2.75, 3.05) is 5.32 Å². The van der Waals surface area contributed by atoms with Crippen molar-refractivity contribution in [2.24, 2.45) is 0 Å². The molecule has 25 heavy (non-hydrogen) atoms. The molecule has 0 spiro atoms. The molecular weight excluding hydrogens is 334 g/mol. The molecule has 1 aliphatic carbocycles. The number of nitrogens with one attached hydrogen (secondary N) is 2. The molecule has 0 aromatic carbocycles. The van der Waals surface area contributed by atoms with Crippen LogP contribution in [0.1, 0.15) is 30.6 Å². The monoisotopic (exact) mass is 353 g/mol. The minimum atomic E-state index is -0.211. The SMILES string of the molecule is Cc1ccc(-c2cnc3ccc(NC(=O)NC4CCCC4)nc3n2)s1. The zero-order valence-corrected chi connectivity index (χ0v) is 14.8. The highest BCUT2D eigenvalue weighted by Gasteiger charge is 2.17. The Kier molecular flexibility index (Phi) is 4.31. The van der Waals surface area contributed by atoms with Gasteiger partial charge in [0, 0.05) is 10.9 Å². The Morgan fingerprint density at radius 2 is 2.00 bits per heavy atom. The summed E-state index contributed by atoms with van der Waals surface area (Å²) in [5, 5.41) is 5.79. The van der Waals surface area contributed by atoms with Crippen LogP contribution in [-0.4, -0.2) is 27.0 Å². The second kappa shape index (κ2) is 6.76. The number of hydrogen-bond donors (Lipinski definition) is 2. The molecule has 1 fully saturated rings. The molecule has 4 rings (SSSR count). The van der Waals surface area contributed by atoms with Gasteiger partial charge >= 0.3 is 6.03 Å². The summed E-state index contributed by atoms with van der Waals surface area (Å²) >= 11 is 1.67. The molecule has 3 heterocycles. The molecule has 1 aliphatic rings. The number of nitrogens with zero attached hydrogens (tertiary/aromatic N) is 3. The third-order valence-corrected chi connectivity index (χ3v) is 5.35. The maximum atomic E-state index is 12.1. The first-order valence-corrected chi connectivity index (χ1v) is 9.27. The Morgan fingerprint density at radius 1 is 1.16 bits per heavy atom. The van der Waals surface area contributed by atoms with Crippen LogP contribution in [-0.2, 0) is 0 Å². The maximum absolute atomic E-state index is 12.1. The van der Waals surface area contributed by atoms with Crippen molar-refractivity contribution < 1.29 is 4.79 Å². The van der Waals surface area contributed by atoms with Gasteiger partial charge in [-0.2, -0.15) is 0 Å². The fraction of sp³-hybridized carbons (Fsp3) is 0.333. The van der Waals surface area contributed by atoms with Crippen molar-refractivity contribution in [2.45, 2.75) is 38.6 Å². The number of carbonyl (C=O) groups is 1. The third-order valence-electron chi connectivity index (χ3n) is 4.33. The number of pyridine rings is 1. The third kappa shape index (κ3) is 3.61. The number of hydrogen-bond acceptors (Lipinski definition) is 5. The fourth-order valence-corrected chi connectivity index (χ4v) is 3.89. The van der Waals surface area contributed by atoms with Crippen LogP contribution in [0.15, 0.2) is 30.5 Å². The summed E-state index contributed by atoms with van der Waals surface area (Å²) in [5.74, 6) is 0.483. The van der Waals surface area contributed by atoms with Crippen LogP contribution in [0, 0.1) is 6.92 Å². The van der Waals surface area contributed by atoms with Gasteiger partial charge in [0.05, 0.1) is 11.1 Å². The van der Waals surface area contributed by atoms with Crippen LogP contribution < -0.4 is 10.6 Å². The zero-order chi connectivity index (χ0) is 17.2. The van der Waals surface area contributed by atoms with Crippen LogP contribution in [0.2, 0.25) is 0 Å². The van der Waals surface area contributed by atoms with E-state index < -0.39 is 0 Å². The molecule has 0 radical (unpaired) electrons. The minimum Gasteiger partial charge on any atom is -0.335 e. The Bertz CT molecular complexity index is 917. The van der Waals surface area contributed by atoms with Gasteiger partial charge in [-0.1, -0.05) is 12.8 Å². The van der Waals surface area contributed by atoms with Crippen LogP contribution in [0.4, 0.5) is 10.6 Å². The largest absolute Gasteiger partial charge is 0.335 e. The Balaban J connectivity index is 1.54. The zero-order valence-electron chi connectivity index (χ0n) is 14.0. The van der Waals surface area contributed by atoms with Gasteiger partial charge < -0.3 is 5.32 Å². The van der Waals surface area contributed by atoms with E-state index in [1.807, 2.05) is 12.1 Å². The number of amides is 2. The summed E-state index contributed by atoms with van der Waals surface area (Å²) in [6, 6.07) is 7.73. The number of aryl methyl sites for hydroxylation is 1. The molecule has 3 aromatic rings. The first kappa shape index (κ1) is 16.0. The van der Waals surface area contributed by atoms with Crippen molar-refractivity contribution in [1.82, 2.24) is 20.3 Å². The fourth-order valence-electron chi connectivity index (χ4n) is 3.07. The molecule has 0 aliphatic heterocycles. The molecule has 6 nitrogen and oxygen atoms in total. The maximum Gasteiger partial charge on any atom is 0.320 e. The van der Waals surface area contributed by atoms with Crippen molar-refractivity contribution >= 4 is 34.3 Å². The average Bonchev–Trinajstić information content (AvgIpc) is 3.26. The highest BCUT2D eigenvalue weighted by molar-refractivity contribution is 7.15. The lowest BCUT2D eigenvalue weighted by Gasteiger charge is -2.12. The summed E-state index contributed by atoms with van der Waals surface area (Å²) in [5.41, 5.74) is 2.03.